The summed E-state index contributed by atoms with van der Waals surface area (Å²) >= 11 is 0. The molecule has 0 aromatic carbocycles. The van der Waals surface area contributed by atoms with E-state index < -0.39 is 0 Å². The van der Waals surface area contributed by atoms with E-state index in [1.807, 2.05) is 0 Å². The highest BCUT2D eigenvalue weighted by Gasteiger charge is 2.35. The maximum Gasteiger partial charge on any atom is -0.00201 e. The third-order valence-electron chi connectivity index (χ3n) is 2.54. The molecule has 0 atom stereocenters. The van der Waals surface area contributed by atoms with Crippen molar-refractivity contribution >= 4 is 0 Å². The van der Waals surface area contributed by atoms with Gasteiger partial charge in [-0.25, -0.2) is 0 Å². The zero-order chi connectivity index (χ0) is 8.32. The number of nitrogens with one attached hydrogen (secondary N) is 1. The van der Waals surface area contributed by atoms with Gasteiger partial charge in [0, 0.05) is 0 Å². The van der Waals surface area contributed by atoms with E-state index in [0.29, 0.717) is 5.41 Å². The smallest absolute Gasteiger partial charge is 0.00201 e. The molecular weight excluding hydrogens is 134 g/mol. The van der Waals surface area contributed by atoms with Gasteiger partial charge in [-0.05, 0) is 43.7 Å². The molecule has 11 heavy (non-hydrogen) atoms. The molecule has 1 fully saturated rings. The molecule has 0 amide bonds. The maximum atomic E-state index is 3.47. The van der Waals surface area contributed by atoms with Crippen LogP contribution in [-0.2, 0) is 0 Å². The lowest BCUT2D eigenvalue weighted by molar-refractivity contribution is 0.0961. The molecule has 0 aromatic rings. The van der Waals surface area contributed by atoms with Crippen LogP contribution in [0.2, 0.25) is 0 Å². The summed E-state index contributed by atoms with van der Waals surface area (Å²) in [4.78, 5) is 0. The number of rotatable bonds is 4. The molecule has 1 N–H and O–H groups in total. The summed E-state index contributed by atoms with van der Waals surface area (Å²) < 4.78 is 0. The molecule has 0 bridgehead atoms. The Balaban J connectivity index is 1.96. The van der Waals surface area contributed by atoms with E-state index in [4.69, 9.17) is 0 Å². The predicted octanol–water partition coefficient (Wildman–Crippen LogP) is 2.42. The van der Waals surface area contributed by atoms with E-state index in [1.165, 1.54) is 32.4 Å². The van der Waals surface area contributed by atoms with Crippen molar-refractivity contribution in [1.29, 1.82) is 0 Å². The first-order valence-corrected chi connectivity index (χ1v) is 4.85. The SMILES string of the molecule is CCCNCC1CC(C)(C)C1. The van der Waals surface area contributed by atoms with Gasteiger partial charge in [-0.3, -0.25) is 0 Å². The molecule has 1 heteroatoms. The summed E-state index contributed by atoms with van der Waals surface area (Å²) in [5, 5.41) is 3.47. The minimum Gasteiger partial charge on any atom is -0.316 e. The van der Waals surface area contributed by atoms with E-state index in [9.17, 15) is 0 Å². The lowest BCUT2D eigenvalue weighted by Gasteiger charge is -2.42. The second-order valence-corrected chi connectivity index (χ2v) is 4.64. The average Bonchev–Trinajstić information content (AvgIpc) is 1.84. The van der Waals surface area contributed by atoms with Gasteiger partial charge in [0.05, 0.1) is 0 Å². The van der Waals surface area contributed by atoms with Crippen LogP contribution in [0.3, 0.4) is 0 Å². The molecule has 1 aliphatic rings. The fourth-order valence-corrected chi connectivity index (χ4v) is 2.13. The largest absolute Gasteiger partial charge is 0.316 e. The van der Waals surface area contributed by atoms with Crippen molar-refractivity contribution in [1.82, 2.24) is 5.32 Å². The Labute approximate surface area is 70.6 Å². The molecule has 1 nitrogen and oxygen atoms in total. The van der Waals surface area contributed by atoms with Gasteiger partial charge >= 0.3 is 0 Å². The summed E-state index contributed by atoms with van der Waals surface area (Å²) in [7, 11) is 0. The van der Waals surface area contributed by atoms with Gasteiger partial charge in [0.1, 0.15) is 0 Å². The van der Waals surface area contributed by atoms with E-state index in [2.05, 4.69) is 26.1 Å². The molecule has 0 spiro atoms. The lowest BCUT2D eigenvalue weighted by atomic mass is 9.64. The Hall–Kier alpha value is -0.0400. The number of hydrogen-bond acceptors (Lipinski definition) is 1. The Kier molecular flexibility index (Phi) is 2.94. The van der Waals surface area contributed by atoms with Crippen molar-refractivity contribution in [3.8, 4) is 0 Å². The summed E-state index contributed by atoms with van der Waals surface area (Å²) in [5.41, 5.74) is 0.651. The topological polar surface area (TPSA) is 12.0 Å². The molecule has 66 valence electrons. The first kappa shape index (κ1) is 9.05. The highest BCUT2D eigenvalue weighted by molar-refractivity contribution is 4.87. The van der Waals surface area contributed by atoms with Crippen LogP contribution in [0.4, 0.5) is 0 Å². The normalized spacial score (nSPS) is 23.2. The van der Waals surface area contributed by atoms with Crippen LogP contribution in [0, 0.1) is 11.3 Å². The van der Waals surface area contributed by atoms with Gasteiger partial charge in [0.25, 0.3) is 0 Å². The molecule has 1 rings (SSSR count). The van der Waals surface area contributed by atoms with Crippen LogP contribution in [0.5, 0.6) is 0 Å². The van der Waals surface area contributed by atoms with Crippen LogP contribution >= 0.6 is 0 Å². The van der Waals surface area contributed by atoms with Crippen LogP contribution in [0.25, 0.3) is 0 Å². The third-order valence-corrected chi connectivity index (χ3v) is 2.54. The van der Waals surface area contributed by atoms with Gasteiger partial charge in [0.2, 0.25) is 0 Å². The molecule has 1 aliphatic carbocycles. The Morgan fingerprint density at radius 2 is 2.00 bits per heavy atom. The van der Waals surface area contributed by atoms with Crippen molar-refractivity contribution in [2.24, 2.45) is 11.3 Å². The molecule has 0 saturated heterocycles. The molecule has 0 unspecified atom stereocenters. The van der Waals surface area contributed by atoms with E-state index in [-0.39, 0.29) is 0 Å². The number of hydrogen-bond donors (Lipinski definition) is 1. The zero-order valence-electron chi connectivity index (χ0n) is 8.11. The molecular formula is C10H21N. The Bertz CT molecular complexity index is 110. The summed E-state index contributed by atoms with van der Waals surface area (Å²) in [5.74, 6) is 0.969. The fourth-order valence-electron chi connectivity index (χ4n) is 2.13. The molecule has 1 saturated carbocycles. The maximum absolute atomic E-state index is 3.47. The first-order chi connectivity index (χ1) is 5.14. The predicted molar refractivity (Wildman–Crippen MR) is 49.7 cm³/mol. The molecule has 0 aromatic heterocycles. The monoisotopic (exact) mass is 155 g/mol. The zero-order valence-corrected chi connectivity index (χ0v) is 8.11. The van der Waals surface area contributed by atoms with Crippen molar-refractivity contribution < 1.29 is 0 Å². The van der Waals surface area contributed by atoms with Gasteiger partial charge < -0.3 is 5.32 Å². The molecule has 0 radical (unpaired) electrons. The third kappa shape index (κ3) is 2.82. The van der Waals surface area contributed by atoms with Gasteiger partial charge in [-0.1, -0.05) is 20.8 Å². The summed E-state index contributed by atoms with van der Waals surface area (Å²) in [6.07, 6.45) is 4.10. The van der Waals surface area contributed by atoms with Gasteiger partial charge in [0.15, 0.2) is 0 Å². The van der Waals surface area contributed by atoms with E-state index >= 15 is 0 Å². The quantitative estimate of drug-likeness (QED) is 0.615. The second kappa shape index (κ2) is 3.57. The van der Waals surface area contributed by atoms with Crippen molar-refractivity contribution in [2.75, 3.05) is 13.1 Å². The van der Waals surface area contributed by atoms with Gasteiger partial charge in [-0.2, -0.15) is 0 Å². The molecule has 0 heterocycles. The standard InChI is InChI=1S/C10H21N/c1-4-5-11-8-9-6-10(2,3)7-9/h9,11H,4-8H2,1-3H3. The van der Waals surface area contributed by atoms with Crippen LogP contribution in [0.15, 0.2) is 0 Å². The van der Waals surface area contributed by atoms with Crippen molar-refractivity contribution in [3.63, 3.8) is 0 Å². The molecule has 0 aliphatic heterocycles. The fraction of sp³-hybridized carbons (Fsp3) is 1.00. The summed E-state index contributed by atoms with van der Waals surface area (Å²) in [6.45, 7) is 9.39. The minimum atomic E-state index is 0.651. The van der Waals surface area contributed by atoms with Crippen LogP contribution in [0.1, 0.15) is 40.0 Å². The van der Waals surface area contributed by atoms with Crippen molar-refractivity contribution in [3.05, 3.63) is 0 Å². The van der Waals surface area contributed by atoms with Gasteiger partial charge in [-0.15, -0.1) is 0 Å². The second-order valence-electron chi connectivity index (χ2n) is 4.64. The van der Waals surface area contributed by atoms with Crippen LogP contribution in [-0.4, -0.2) is 13.1 Å². The average molecular weight is 155 g/mol. The summed E-state index contributed by atoms with van der Waals surface area (Å²) in [6, 6.07) is 0. The first-order valence-electron chi connectivity index (χ1n) is 4.85. The van der Waals surface area contributed by atoms with Crippen molar-refractivity contribution in [2.45, 2.75) is 40.0 Å². The van der Waals surface area contributed by atoms with Crippen LogP contribution < -0.4 is 5.32 Å². The lowest BCUT2D eigenvalue weighted by Crippen LogP contribution is -2.38. The Morgan fingerprint density at radius 1 is 1.36 bits per heavy atom. The Morgan fingerprint density at radius 3 is 2.45 bits per heavy atom. The van der Waals surface area contributed by atoms with E-state index in [1.54, 1.807) is 0 Å². The van der Waals surface area contributed by atoms with E-state index in [0.717, 1.165) is 5.92 Å². The highest BCUT2D eigenvalue weighted by Crippen LogP contribution is 2.44. The minimum absolute atomic E-state index is 0.651. The highest BCUT2D eigenvalue weighted by atomic mass is 14.9.